The molecule has 0 atom stereocenters. The topological polar surface area (TPSA) is 137 Å². The Labute approximate surface area is 259 Å². The van der Waals surface area contributed by atoms with E-state index < -0.39 is 5.97 Å². The molecule has 256 valence electrons. The van der Waals surface area contributed by atoms with Crippen molar-refractivity contribution in [3.8, 4) is 0 Å². The molecule has 0 aromatic carbocycles. The van der Waals surface area contributed by atoms with Crippen molar-refractivity contribution in [1.29, 1.82) is 0 Å². The number of esters is 1. The first-order chi connectivity index (χ1) is 21.2. The fourth-order valence-corrected chi connectivity index (χ4v) is 3.67. The van der Waals surface area contributed by atoms with Crippen LogP contribution in [0.4, 0.5) is 0 Å². The Morgan fingerprint density at radius 3 is 1.05 bits per heavy atom. The Morgan fingerprint density at radius 1 is 0.395 bits per heavy atom. The SMILES string of the molecule is CCCCCCCCCCCC(=O)OCCOCCOCCOCCOCCOCCOCCOCCOCCC(=O)O. The predicted molar refractivity (Wildman–Crippen MR) is 162 cm³/mol. The average molecular weight is 625 g/mol. The van der Waals surface area contributed by atoms with Crippen LogP contribution in [0.1, 0.15) is 77.6 Å². The number of carbonyl (C=O) groups excluding carboxylic acids is 1. The van der Waals surface area contributed by atoms with E-state index in [2.05, 4.69) is 6.92 Å². The van der Waals surface area contributed by atoms with Crippen molar-refractivity contribution in [2.75, 3.05) is 112 Å². The third-order valence-corrected chi connectivity index (χ3v) is 6.04. The number of carboxylic acids is 1. The van der Waals surface area contributed by atoms with Gasteiger partial charge >= 0.3 is 11.9 Å². The number of rotatable bonds is 37. The van der Waals surface area contributed by atoms with Crippen molar-refractivity contribution >= 4 is 11.9 Å². The third kappa shape index (κ3) is 38.6. The van der Waals surface area contributed by atoms with Crippen LogP contribution >= 0.6 is 0 Å². The van der Waals surface area contributed by atoms with Crippen LogP contribution in [0.25, 0.3) is 0 Å². The van der Waals surface area contributed by atoms with Crippen LogP contribution in [0.15, 0.2) is 0 Å². The maximum atomic E-state index is 11.7. The summed E-state index contributed by atoms with van der Waals surface area (Å²) in [6, 6.07) is 0. The van der Waals surface area contributed by atoms with Gasteiger partial charge in [0.1, 0.15) is 6.61 Å². The normalized spacial score (nSPS) is 11.3. The van der Waals surface area contributed by atoms with Crippen LogP contribution in [-0.4, -0.2) is 129 Å². The molecule has 0 saturated carbocycles. The molecule has 0 bridgehead atoms. The fourth-order valence-electron chi connectivity index (χ4n) is 3.67. The van der Waals surface area contributed by atoms with E-state index >= 15 is 0 Å². The predicted octanol–water partition coefficient (Wildman–Crippen LogP) is 4.06. The molecule has 0 amide bonds. The Bertz CT molecular complexity index is 579. The Hall–Kier alpha value is -1.38. The molecular formula is C31H60O12. The van der Waals surface area contributed by atoms with E-state index in [0.29, 0.717) is 106 Å². The summed E-state index contributed by atoms with van der Waals surface area (Å²) >= 11 is 0. The van der Waals surface area contributed by atoms with Gasteiger partial charge in [0.2, 0.25) is 0 Å². The van der Waals surface area contributed by atoms with Crippen LogP contribution in [0.2, 0.25) is 0 Å². The molecule has 0 heterocycles. The van der Waals surface area contributed by atoms with Crippen molar-refractivity contribution in [3.63, 3.8) is 0 Å². The molecule has 0 radical (unpaired) electrons. The minimum absolute atomic E-state index is 0.00203. The minimum atomic E-state index is -0.874. The molecule has 43 heavy (non-hydrogen) atoms. The quantitative estimate of drug-likeness (QED) is 0.0788. The van der Waals surface area contributed by atoms with Gasteiger partial charge in [-0.2, -0.15) is 0 Å². The summed E-state index contributed by atoms with van der Waals surface area (Å²) in [6.45, 7) is 9.52. The van der Waals surface area contributed by atoms with Crippen LogP contribution in [0.3, 0.4) is 0 Å². The first-order valence-electron chi connectivity index (χ1n) is 16.2. The molecule has 0 aliphatic rings. The first kappa shape index (κ1) is 41.6. The lowest BCUT2D eigenvalue weighted by atomic mass is 10.1. The highest BCUT2D eigenvalue weighted by Gasteiger charge is 2.03. The van der Waals surface area contributed by atoms with Crippen molar-refractivity contribution in [1.82, 2.24) is 0 Å². The van der Waals surface area contributed by atoms with Crippen LogP contribution in [0, 0.1) is 0 Å². The molecule has 0 fully saturated rings. The monoisotopic (exact) mass is 624 g/mol. The number of ether oxygens (including phenoxy) is 9. The van der Waals surface area contributed by atoms with Gasteiger partial charge < -0.3 is 47.7 Å². The zero-order chi connectivity index (χ0) is 31.3. The second-order valence-electron chi connectivity index (χ2n) is 9.84. The lowest BCUT2D eigenvalue weighted by molar-refractivity contribution is -0.145. The zero-order valence-corrected chi connectivity index (χ0v) is 26.7. The van der Waals surface area contributed by atoms with E-state index in [1.165, 1.54) is 44.9 Å². The zero-order valence-electron chi connectivity index (χ0n) is 26.7. The lowest BCUT2D eigenvalue weighted by Crippen LogP contribution is -2.15. The number of carbonyl (C=O) groups is 2. The second kappa shape index (κ2) is 36.8. The third-order valence-electron chi connectivity index (χ3n) is 6.04. The van der Waals surface area contributed by atoms with E-state index in [4.69, 9.17) is 47.7 Å². The summed E-state index contributed by atoms with van der Waals surface area (Å²) in [5.74, 6) is -1.02. The van der Waals surface area contributed by atoms with Gasteiger partial charge in [-0.1, -0.05) is 58.3 Å². The van der Waals surface area contributed by atoms with Gasteiger partial charge in [0.25, 0.3) is 0 Å². The van der Waals surface area contributed by atoms with E-state index in [-0.39, 0.29) is 25.6 Å². The van der Waals surface area contributed by atoms with Gasteiger partial charge in [-0.25, -0.2) is 0 Å². The minimum Gasteiger partial charge on any atom is -0.481 e. The first-order valence-corrected chi connectivity index (χ1v) is 16.2. The Morgan fingerprint density at radius 2 is 0.698 bits per heavy atom. The summed E-state index contributed by atoms with van der Waals surface area (Å²) in [6.07, 6.45) is 11.6. The van der Waals surface area contributed by atoms with Crippen molar-refractivity contribution in [2.24, 2.45) is 0 Å². The highest BCUT2D eigenvalue weighted by atomic mass is 16.6. The molecule has 0 rings (SSSR count). The average Bonchev–Trinajstić information content (AvgIpc) is 2.99. The summed E-state index contributed by atoms with van der Waals surface area (Å²) in [5, 5.41) is 8.48. The van der Waals surface area contributed by atoms with Crippen LogP contribution in [-0.2, 0) is 52.2 Å². The van der Waals surface area contributed by atoms with Gasteiger partial charge in [0, 0.05) is 6.42 Å². The molecule has 12 nitrogen and oxygen atoms in total. The lowest BCUT2D eigenvalue weighted by Gasteiger charge is -2.09. The molecule has 0 aromatic rings. The van der Waals surface area contributed by atoms with E-state index in [1.807, 2.05) is 0 Å². The summed E-state index contributed by atoms with van der Waals surface area (Å²) in [4.78, 5) is 22.1. The molecule has 0 unspecified atom stereocenters. The number of hydrogen-bond donors (Lipinski definition) is 1. The molecule has 12 heteroatoms. The molecule has 0 aliphatic heterocycles. The molecule has 0 spiro atoms. The van der Waals surface area contributed by atoms with E-state index in [9.17, 15) is 9.59 Å². The highest BCUT2D eigenvalue weighted by molar-refractivity contribution is 5.69. The number of unbranched alkanes of at least 4 members (excludes halogenated alkanes) is 8. The smallest absolute Gasteiger partial charge is 0.305 e. The molecular weight excluding hydrogens is 564 g/mol. The summed E-state index contributed by atoms with van der Waals surface area (Å²) < 4.78 is 48.2. The molecule has 0 aromatic heterocycles. The van der Waals surface area contributed by atoms with Crippen molar-refractivity contribution < 1.29 is 57.3 Å². The number of hydrogen-bond acceptors (Lipinski definition) is 11. The Kier molecular flexibility index (Phi) is 35.6. The molecule has 0 saturated heterocycles. The number of carboxylic acid groups (broad SMARTS) is 1. The molecule has 0 aliphatic carbocycles. The maximum absolute atomic E-state index is 11.7. The summed E-state index contributed by atoms with van der Waals surface area (Å²) in [7, 11) is 0. The fraction of sp³-hybridized carbons (Fsp3) is 0.935. The summed E-state index contributed by atoms with van der Waals surface area (Å²) in [5.41, 5.74) is 0. The maximum Gasteiger partial charge on any atom is 0.305 e. The van der Waals surface area contributed by atoms with Gasteiger partial charge in [0.05, 0.1) is 112 Å². The van der Waals surface area contributed by atoms with Gasteiger partial charge in [-0.05, 0) is 6.42 Å². The number of aliphatic carboxylic acids is 1. The van der Waals surface area contributed by atoms with Crippen LogP contribution < -0.4 is 0 Å². The van der Waals surface area contributed by atoms with Crippen molar-refractivity contribution in [3.05, 3.63) is 0 Å². The highest BCUT2D eigenvalue weighted by Crippen LogP contribution is 2.10. The van der Waals surface area contributed by atoms with Gasteiger partial charge in [-0.15, -0.1) is 0 Å². The Balaban J connectivity index is 3.12. The van der Waals surface area contributed by atoms with Crippen LogP contribution in [0.5, 0.6) is 0 Å². The van der Waals surface area contributed by atoms with E-state index in [1.54, 1.807) is 0 Å². The van der Waals surface area contributed by atoms with Gasteiger partial charge in [-0.3, -0.25) is 9.59 Å². The second-order valence-corrected chi connectivity index (χ2v) is 9.84. The van der Waals surface area contributed by atoms with Gasteiger partial charge in [0.15, 0.2) is 0 Å². The van der Waals surface area contributed by atoms with Crippen molar-refractivity contribution in [2.45, 2.75) is 77.6 Å². The standard InChI is InChI=1S/C31H60O12/c1-2-3-4-5-6-7-8-9-10-11-31(34)43-29-28-42-27-26-41-25-24-40-23-22-39-21-20-38-19-18-37-17-16-36-15-14-35-13-12-30(32)33/h2-29H2,1H3,(H,32,33). The molecule has 1 N–H and O–H groups in total. The largest absolute Gasteiger partial charge is 0.481 e. The van der Waals surface area contributed by atoms with E-state index in [0.717, 1.165) is 12.8 Å².